The van der Waals surface area contributed by atoms with Gasteiger partial charge in [-0.3, -0.25) is 24.8 Å². The summed E-state index contributed by atoms with van der Waals surface area (Å²) in [5.41, 5.74) is 1.18. The zero-order chi connectivity index (χ0) is 18.3. The first kappa shape index (κ1) is 17.2. The quantitative estimate of drug-likeness (QED) is 0.870. The zero-order valence-corrected chi connectivity index (χ0v) is 15.2. The number of likely N-dealkylation sites (N-methyl/N-ethyl adjacent to an activating group) is 2. The normalized spacial score (nSPS) is 30.2. The topological polar surface area (TPSA) is 59.1 Å². The minimum atomic E-state index is -0.311. The van der Waals surface area contributed by atoms with Crippen molar-refractivity contribution in [2.45, 2.75) is 24.9 Å². The van der Waals surface area contributed by atoms with Crippen LogP contribution in [-0.4, -0.2) is 83.8 Å². The molecule has 7 heteroatoms. The highest BCUT2D eigenvalue weighted by Gasteiger charge is 2.54. The molecule has 3 aliphatic rings. The largest absolute Gasteiger partial charge is 0.327 e. The number of carbonyl (C=O) groups is 2. The van der Waals surface area contributed by atoms with Gasteiger partial charge in [0.25, 0.3) is 5.91 Å². The number of carbonyl (C=O) groups excluding carboxylic acids is 2. The first-order valence-corrected chi connectivity index (χ1v) is 9.10. The van der Waals surface area contributed by atoms with Gasteiger partial charge in [0.1, 0.15) is 18.5 Å². The lowest BCUT2D eigenvalue weighted by Crippen LogP contribution is -2.65. The predicted molar refractivity (Wildman–Crippen MR) is 98.8 cm³/mol. The lowest BCUT2D eigenvalue weighted by atomic mass is 10.1. The van der Waals surface area contributed by atoms with Crippen LogP contribution < -0.4 is 5.32 Å². The summed E-state index contributed by atoms with van der Waals surface area (Å²) >= 11 is 0. The van der Waals surface area contributed by atoms with Gasteiger partial charge in [-0.05, 0) is 12.0 Å². The SMILES string of the molecule is CN1C(=O)C2C(NC3N(C/C=C/c4ccccc4)CCCN23)N(C)C1=O. The molecule has 0 aliphatic carbocycles. The lowest BCUT2D eigenvalue weighted by molar-refractivity contribution is -0.138. The molecule has 1 aromatic carbocycles. The average Bonchev–Trinajstić information content (AvgIpc) is 3.06. The van der Waals surface area contributed by atoms with Gasteiger partial charge in [0.2, 0.25) is 0 Å². The molecule has 0 aromatic heterocycles. The van der Waals surface area contributed by atoms with Crippen LogP contribution in [0.3, 0.4) is 0 Å². The van der Waals surface area contributed by atoms with Crippen LogP contribution in [0.25, 0.3) is 6.08 Å². The standard InChI is InChI=1S/C19H25N5O2/c1-21-16-15(17(25)22(2)19(21)26)24-13-7-12-23(18(24)20-16)11-6-10-14-8-4-3-5-9-14/h3-6,8-10,15-16,18,20H,7,11-13H2,1-2H3/b10-6+. The van der Waals surface area contributed by atoms with Crippen molar-refractivity contribution in [2.24, 2.45) is 0 Å². The number of imide groups is 1. The van der Waals surface area contributed by atoms with E-state index in [0.29, 0.717) is 0 Å². The van der Waals surface area contributed by atoms with Crippen molar-refractivity contribution in [3.8, 4) is 0 Å². The van der Waals surface area contributed by atoms with E-state index < -0.39 is 0 Å². The summed E-state index contributed by atoms with van der Waals surface area (Å²) in [7, 11) is 3.32. The van der Waals surface area contributed by atoms with Crippen LogP contribution in [0.15, 0.2) is 36.4 Å². The highest BCUT2D eigenvalue weighted by atomic mass is 16.2. The van der Waals surface area contributed by atoms with Crippen LogP contribution in [0.5, 0.6) is 0 Å². The van der Waals surface area contributed by atoms with Crippen molar-refractivity contribution in [1.29, 1.82) is 0 Å². The Balaban J connectivity index is 1.50. The van der Waals surface area contributed by atoms with E-state index in [2.05, 4.69) is 39.4 Å². The molecule has 7 nitrogen and oxygen atoms in total. The second-order valence-electron chi connectivity index (χ2n) is 7.12. The number of nitrogens with one attached hydrogen (secondary N) is 1. The van der Waals surface area contributed by atoms with Gasteiger partial charge in [0.05, 0.1) is 0 Å². The van der Waals surface area contributed by atoms with Gasteiger partial charge in [0.15, 0.2) is 0 Å². The third-order valence-electron chi connectivity index (χ3n) is 5.54. The Bertz CT molecular complexity index is 722. The predicted octanol–water partition coefficient (Wildman–Crippen LogP) is 0.813. The summed E-state index contributed by atoms with van der Waals surface area (Å²) in [6, 6.07) is 9.66. The number of nitrogens with zero attached hydrogens (tertiary/aromatic N) is 4. The molecule has 0 spiro atoms. The second kappa shape index (κ2) is 6.83. The molecular formula is C19H25N5O2. The van der Waals surface area contributed by atoms with E-state index >= 15 is 0 Å². The number of hydrogen-bond donors (Lipinski definition) is 1. The fourth-order valence-electron chi connectivity index (χ4n) is 4.16. The average molecular weight is 355 g/mol. The van der Waals surface area contributed by atoms with Gasteiger partial charge in [-0.15, -0.1) is 0 Å². The smallest absolute Gasteiger partial charge is 0.310 e. The molecule has 0 radical (unpaired) electrons. The van der Waals surface area contributed by atoms with Crippen molar-refractivity contribution < 1.29 is 9.59 Å². The van der Waals surface area contributed by atoms with Gasteiger partial charge in [-0.25, -0.2) is 4.79 Å². The fraction of sp³-hybridized carbons (Fsp3) is 0.474. The molecule has 1 aromatic rings. The Hall–Kier alpha value is -2.22. The third-order valence-corrected chi connectivity index (χ3v) is 5.54. The first-order valence-electron chi connectivity index (χ1n) is 9.10. The summed E-state index contributed by atoms with van der Waals surface area (Å²) in [6.07, 6.45) is 5.00. The summed E-state index contributed by atoms with van der Waals surface area (Å²) in [5, 5.41) is 3.50. The summed E-state index contributed by atoms with van der Waals surface area (Å²) < 4.78 is 0. The third kappa shape index (κ3) is 2.82. The summed E-state index contributed by atoms with van der Waals surface area (Å²) in [6.45, 7) is 2.62. The van der Waals surface area contributed by atoms with E-state index in [1.165, 1.54) is 10.5 Å². The highest BCUT2D eigenvalue weighted by Crippen LogP contribution is 2.29. The molecular weight excluding hydrogens is 330 g/mol. The maximum Gasteiger partial charge on any atom is 0.327 e. The number of urea groups is 1. The molecule has 138 valence electrons. The lowest BCUT2D eigenvalue weighted by Gasteiger charge is -2.42. The maximum atomic E-state index is 12.7. The van der Waals surface area contributed by atoms with Gasteiger partial charge in [0, 0.05) is 33.7 Å². The van der Waals surface area contributed by atoms with Crippen molar-refractivity contribution >= 4 is 18.0 Å². The second-order valence-corrected chi connectivity index (χ2v) is 7.12. The Morgan fingerprint density at radius 3 is 2.69 bits per heavy atom. The number of amides is 3. The number of fused-ring (bicyclic) bond motifs is 3. The van der Waals surface area contributed by atoms with Crippen molar-refractivity contribution in [1.82, 2.24) is 24.9 Å². The molecule has 0 bridgehead atoms. The fourth-order valence-corrected chi connectivity index (χ4v) is 4.16. The monoisotopic (exact) mass is 355 g/mol. The Morgan fingerprint density at radius 2 is 1.92 bits per heavy atom. The number of benzene rings is 1. The van der Waals surface area contributed by atoms with Crippen molar-refractivity contribution in [3.63, 3.8) is 0 Å². The van der Waals surface area contributed by atoms with Crippen LogP contribution in [0, 0.1) is 0 Å². The van der Waals surface area contributed by atoms with Crippen molar-refractivity contribution in [3.05, 3.63) is 42.0 Å². The molecule has 3 unspecified atom stereocenters. The molecule has 3 aliphatic heterocycles. The minimum Gasteiger partial charge on any atom is -0.310 e. The van der Waals surface area contributed by atoms with E-state index in [1.807, 2.05) is 18.2 Å². The van der Waals surface area contributed by atoms with Crippen molar-refractivity contribution in [2.75, 3.05) is 33.7 Å². The van der Waals surface area contributed by atoms with Crippen LogP contribution in [0.2, 0.25) is 0 Å². The van der Waals surface area contributed by atoms with E-state index in [-0.39, 0.29) is 30.4 Å². The molecule has 26 heavy (non-hydrogen) atoms. The number of rotatable bonds is 3. The van der Waals surface area contributed by atoms with Gasteiger partial charge in [-0.2, -0.15) is 0 Å². The molecule has 3 saturated heterocycles. The minimum absolute atomic E-state index is 0.0233. The molecule has 3 fully saturated rings. The van der Waals surface area contributed by atoms with E-state index in [1.54, 1.807) is 19.0 Å². The van der Waals surface area contributed by atoms with Crippen LogP contribution >= 0.6 is 0 Å². The van der Waals surface area contributed by atoms with E-state index in [4.69, 9.17) is 0 Å². The Labute approximate surface area is 153 Å². The van der Waals surface area contributed by atoms with Gasteiger partial charge in [-0.1, -0.05) is 42.5 Å². The summed E-state index contributed by atoms with van der Waals surface area (Å²) in [5.74, 6) is -0.116. The maximum absolute atomic E-state index is 12.7. The van der Waals surface area contributed by atoms with Crippen LogP contribution in [0.4, 0.5) is 4.79 Å². The molecule has 3 heterocycles. The molecule has 3 amide bonds. The zero-order valence-electron chi connectivity index (χ0n) is 15.2. The first-order chi connectivity index (χ1) is 12.6. The molecule has 1 N–H and O–H groups in total. The number of hydrogen-bond acceptors (Lipinski definition) is 5. The molecule has 4 rings (SSSR count). The van der Waals surface area contributed by atoms with Gasteiger partial charge < -0.3 is 4.90 Å². The van der Waals surface area contributed by atoms with Crippen LogP contribution in [0.1, 0.15) is 12.0 Å². The Morgan fingerprint density at radius 1 is 1.15 bits per heavy atom. The van der Waals surface area contributed by atoms with Gasteiger partial charge >= 0.3 is 6.03 Å². The van der Waals surface area contributed by atoms with Crippen LogP contribution in [-0.2, 0) is 4.79 Å². The molecule has 0 saturated carbocycles. The summed E-state index contributed by atoms with van der Waals surface area (Å²) in [4.78, 5) is 32.3. The Kier molecular flexibility index (Phi) is 4.52. The molecule has 3 atom stereocenters. The highest BCUT2D eigenvalue weighted by molar-refractivity contribution is 6.00. The van der Waals surface area contributed by atoms with E-state index in [9.17, 15) is 9.59 Å². The van der Waals surface area contributed by atoms with E-state index in [0.717, 1.165) is 26.1 Å².